The Kier molecular flexibility index (Phi) is 7.55. The van der Waals surface area contributed by atoms with E-state index in [1.807, 2.05) is 0 Å². The van der Waals surface area contributed by atoms with E-state index in [2.05, 4.69) is 26.8 Å². The molecule has 2 rings (SSSR count). The van der Waals surface area contributed by atoms with Crippen LogP contribution in [0.5, 0.6) is 17.2 Å². The molecule has 0 unspecified atom stereocenters. The zero-order chi connectivity index (χ0) is 18.9. The molecule has 7 nitrogen and oxygen atoms in total. The molecule has 0 radical (unpaired) electrons. The second-order valence-electron chi connectivity index (χ2n) is 4.90. The molecule has 0 bridgehead atoms. The van der Waals surface area contributed by atoms with E-state index in [-0.39, 0.29) is 13.2 Å². The Hall–Kier alpha value is -2.45. The van der Waals surface area contributed by atoms with Crippen molar-refractivity contribution in [2.24, 2.45) is 0 Å². The Morgan fingerprint density at radius 2 is 1.54 bits per heavy atom. The average Bonchev–Trinajstić information content (AvgIpc) is 2.64. The number of carbonyl (C=O) groups is 2. The predicted molar refractivity (Wildman–Crippen MR) is 99.4 cm³/mol. The normalized spacial score (nSPS) is 9.96. The van der Waals surface area contributed by atoms with Crippen molar-refractivity contribution in [1.29, 1.82) is 0 Å². The average molecular weight is 444 g/mol. The van der Waals surface area contributed by atoms with Gasteiger partial charge in [-0.25, -0.2) is 0 Å². The van der Waals surface area contributed by atoms with Gasteiger partial charge in [0, 0.05) is 5.02 Å². The molecule has 0 aliphatic rings. The molecule has 0 atom stereocenters. The number of hydrazine groups is 1. The molecule has 0 heterocycles. The standard InChI is InChI=1S/C17H16BrClN2O5/c1-24-14-4-2-3-5-15(14)26-10-17(23)21-20-16(22)9-25-13-7-6-11(19)8-12(13)18/h2-8H,9-10H2,1H3,(H,20,22)(H,21,23). The number of halogens is 2. The van der Waals surface area contributed by atoms with Gasteiger partial charge in [-0.1, -0.05) is 23.7 Å². The fourth-order valence-corrected chi connectivity index (χ4v) is 2.63. The molecule has 0 saturated heterocycles. The minimum absolute atomic E-state index is 0.284. The molecule has 2 amide bonds. The summed E-state index contributed by atoms with van der Waals surface area (Å²) >= 11 is 9.10. The molecule has 0 spiro atoms. The molecule has 26 heavy (non-hydrogen) atoms. The maximum Gasteiger partial charge on any atom is 0.276 e. The molecule has 2 aromatic carbocycles. The van der Waals surface area contributed by atoms with Gasteiger partial charge in [-0.15, -0.1) is 0 Å². The highest BCUT2D eigenvalue weighted by Gasteiger charge is 2.09. The van der Waals surface area contributed by atoms with Crippen LogP contribution in [-0.2, 0) is 9.59 Å². The van der Waals surface area contributed by atoms with Crippen LogP contribution in [0.2, 0.25) is 5.02 Å². The molecule has 0 aliphatic heterocycles. The molecule has 0 fully saturated rings. The Bertz CT molecular complexity index is 787. The maximum absolute atomic E-state index is 11.7. The number of amides is 2. The Morgan fingerprint density at radius 3 is 2.12 bits per heavy atom. The first-order chi connectivity index (χ1) is 12.5. The molecular weight excluding hydrogens is 428 g/mol. The van der Waals surface area contributed by atoms with Gasteiger partial charge < -0.3 is 14.2 Å². The summed E-state index contributed by atoms with van der Waals surface area (Å²) in [6.07, 6.45) is 0. The molecule has 0 saturated carbocycles. The molecule has 9 heteroatoms. The summed E-state index contributed by atoms with van der Waals surface area (Å²) in [5.41, 5.74) is 4.47. The monoisotopic (exact) mass is 442 g/mol. The third-order valence-corrected chi connectivity index (χ3v) is 3.88. The topological polar surface area (TPSA) is 85.9 Å². The summed E-state index contributed by atoms with van der Waals surface area (Å²) in [6, 6.07) is 11.8. The van der Waals surface area contributed by atoms with Crippen LogP contribution in [0, 0.1) is 0 Å². The highest BCUT2D eigenvalue weighted by molar-refractivity contribution is 9.10. The summed E-state index contributed by atoms with van der Waals surface area (Å²) in [5, 5.41) is 0.538. The lowest BCUT2D eigenvalue weighted by atomic mass is 10.3. The summed E-state index contributed by atoms with van der Waals surface area (Å²) in [5.74, 6) is 0.323. The minimum Gasteiger partial charge on any atom is -0.493 e. The number of rotatable bonds is 7. The van der Waals surface area contributed by atoms with Gasteiger partial charge in [0.05, 0.1) is 11.6 Å². The molecule has 2 aromatic rings. The van der Waals surface area contributed by atoms with E-state index in [4.69, 9.17) is 25.8 Å². The second kappa shape index (κ2) is 9.88. The largest absolute Gasteiger partial charge is 0.493 e. The van der Waals surface area contributed by atoms with E-state index >= 15 is 0 Å². The fraction of sp³-hybridized carbons (Fsp3) is 0.176. The number of methoxy groups -OCH3 is 1. The lowest BCUT2D eigenvalue weighted by Crippen LogP contribution is -2.45. The first-order valence-corrected chi connectivity index (χ1v) is 8.58. The van der Waals surface area contributed by atoms with Gasteiger partial charge in [-0.05, 0) is 46.3 Å². The van der Waals surface area contributed by atoms with Crippen molar-refractivity contribution in [3.05, 3.63) is 52.0 Å². The Labute approximate surface area is 163 Å². The van der Waals surface area contributed by atoms with E-state index in [9.17, 15) is 9.59 Å². The fourth-order valence-electron chi connectivity index (χ4n) is 1.83. The number of hydrogen-bond acceptors (Lipinski definition) is 5. The summed E-state index contributed by atoms with van der Waals surface area (Å²) < 4.78 is 16.4. The van der Waals surface area contributed by atoms with Crippen LogP contribution in [0.4, 0.5) is 0 Å². The summed E-state index contributed by atoms with van der Waals surface area (Å²) in [4.78, 5) is 23.5. The van der Waals surface area contributed by atoms with Crippen molar-refractivity contribution >= 4 is 39.3 Å². The number of benzene rings is 2. The first-order valence-electron chi connectivity index (χ1n) is 7.41. The van der Waals surface area contributed by atoms with Crippen LogP contribution >= 0.6 is 27.5 Å². The third kappa shape index (κ3) is 6.12. The van der Waals surface area contributed by atoms with Crippen molar-refractivity contribution in [2.45, 2.75) is 0 Å². The first kappa shape index (κ1) is 19.9. The number of ether oxygens (including phenoxy) is 3. The molecule has 2 N–H and O–H groups in total. The number of hydrogen-bond donors (Lipinski definition) is 2. The lowest BCUT2D eigenvalue weighted by molar-refractivity contribution is -0.131. The van der Waals surface area contributed by atoms with Gasteiger partial charge in [0.15, 0.2) is 24.7 Å². The Balaban J connectivity index is 1.72. The highest BCUT2D eigenvalue weighted by atomic mass is 79.9. The van der Waals surface area contributed by atoms with Crippen LogP contribution < -0.4 is 25.1 Å². The Morgan fingerprint density at radius 1 is 0.962 bits per heavy atom. The van der Waals surface area contributed by atoms with Gasteiger partial charge in [0.25, 0.3) is 11.8 Å². The van der Waals surface area contributed by atoms with Crippen molar-refractivity contribution in [3.8, 4) is 17.2 Å². The zero-order valence-corrected chi connectivity index (χ0v) is 16.1. The minimum atomic E-state index is -0.531. The molecule has 138 valence electrons. The van der Waals surface area contributed by atoms with Crippen LogP contribution in [0.3, 0.4) is 0 Å². The highest BCUT2D eigenvalue weighted by Crippen LogP contribution is 2.28. The summed E-state index contributed by atoms with van der Waals surface area (Å²) in [6.45, 7) is -0.571. The van der Waals surface area contributed by atoms with E-state index < -0.39 is 11.8 Å². The summed E-state index contributed by atoms with van der Waals surface area (Å²) in [7, 11) is 1.50. The maximum atomic E-state index is 11.7. The van der Waals surface area contributed by atoms with E-state index in [1.54, 1.807) is 42.5 Å². The number of nitrogens with one attached hydrogen (secondary N) is 2. The quantitative estimate of drug-likeness (QED) is 0.643. The SMILES string of the molecule is COc1ccccc1OCC(=O)NNC(=O)COc1ccc(Cl)cc1Br. The van der Waals surface area contributed by atoms with E-state index in [0.29, 0.717) is 26.7 Å². The van der Waals surface area contributed by atoms with Crippen molar-refractivity contribution in [2.75, 3.05) is 20.3 Å². The van der Waals surface area contributed by atoms with Gasteiger partial charge >= 0.3 is 0 Å². The van der Waals surface area contributed by atoms with E-state index in [1.165, 1.54) is 7.11 Å². The molecular formula is C17H16BrClN2O5. The van der Waals surface area contributed by atoms with Gasteiger partial charge in [-0.2, -0.15) is 0 Å². The van der Waals surface area contributed by atoms with Gasteiger partial charge in [0.2, 0.25) is 0 Å². The van der Waals surface area contributed by atoms with Crippen LogP contribution in [0.25, 0.3) is 0 Å². The molecule has 0 aromatic heterocycles. The second-order valence-corrected chi connectivity index (χ2v) is 6.19. The van der Waals surface area contributed by atoms with Crippen LogP contribution in [0.15, 0.2) is 46.9 Å². The van der Waals surface area contributed by atoms with E-state index in [0.717, 1.165) is 0 Å². The predicted octanol–water partition coefficient (Wildman–Crippen LogP) is 2.72. The van der Waals surface area contributed by atoms with Crippen molar-refractivity contribution in [3.63, 3.8) is 0 Å². The van der Waals surface area contributed by atoms with Crippen molar-refractivity contribution < 1.29 is 23.8 Å². The van der Waals surface area contributed by atoms with Crippen molar-refractivity contribution in [1.82, 2.24) is 10.9 Å². The lowest BCUT2D eigenvalue weighted by Gasteiger charge is -2.12. The zero-order valence-electron chi connectivity index (χ0n) is 13.8. The third-order valence-electron chi connectivity index (χ3n) is 3.02. The smallest absolute Gasteiger partial charge is 0.276 e. The number of carbonyl (C=O) groups excluding carboxylic acids is 2. The van der Waals surface area contributed by atoms with Crippen LogP contribution in [-0.4, -0.2) is 32.1 Å². The number of para-hydroxylation sites is 2. The molecule has 0 aliphatic carbocycles. The van der Waals surface area contributed by atoms with Gasteiger partial charge in [0.1, 0.15) is 5.75 Å². The van der Waals surface area contributed by atoms with Gasteiger partial charge in [-0.3, -0.25) is 20.4 Å². The van der Waals surface area contributed by atoms with Crippen LogP contribution in [0.1, 0.15) is 0 Å².